The Morgan fingerprint density at radius 3 is 2.82 bits per heavy atom. The molecular formula is C10H12O. The SMILES string of the molecule is C[C@]12CC3CC1C1C(C2=O)C31. The summed E-state index contributed by atoms with van der Waals surface area (Å²) in [5.41, 5.74) is 0.175. The molecule has 0 radical (unpaired) electrons. The van der Waals surface area contributed by atoms with Crippen LogP contribution < -0.4 is 0 Å². The first-order valence-corrected chi connectivity index (χ1v) is 4.78. The normalized spacial score (nSPS) is 74.6. The summed E-state index contributed by atoms with van der Waals surface area (Å²) in [6, 6.07) is 0. The second-order valence-electron chi connectivity index (χ2n) is 5.27. The van der Waals surface area contributed by atoms with E-state index in [-0.39, 0.29) is 5.41 Å². The number of Topliss-reactive ketones (excluding diaryl/α,β-unsaturated/α-hetero) is 1. The van der Waals surface area contributed by atoms with Gasteiger partial charge >= 0.3 is 0 Å². The third-order valence-electron chi connectivity index (χ3n) is 5.07. The molecule has 1 heteroatoms. The zero-order chi connectivity index (χ0) is 7.38. The molecule has 0 N–H and O–H groups in total. The number of hydrogen-bond acceptors (Lipinski definition) is 1. The summed E-state index contributed by atoms with van der Waals surface area (Å²) in [5.74, 6) is 4.78. The van der Waals surface area contributed by atoms with E-state index >= 15 is 0 Å². The first kappa shape index (κ1) is 5.34. The van der Waals surface area contributed by atoms with Gasteiger partial charge in [0.05, 0.1) is 0 Å². The van der Waals surface area contributed by atoms with E-state index in [0.717, 1.165) is 23.7 Å². The molecule has 5 unspecified atom stereocenters. The zero-order valence-electron chi connectivity index (χ0n) is 6.71. The highest BCUT2D eigenvalue weighted by Gasteiger charge is 2.81. The van der Waals surface area contributed by atoms with Gasteiger partial charge in [0.2, 0.25) is 0 Å². The minimum Gasteiger partial charge on any atom is -0.299 e. The van der Waals surface area contributed by atoms with Crippen LogP contribution in [0.4, 0.5) is 0 Å². The number of carbonyl (C=O) groups excluding carboxylic acids is 1. The molecule has 0 spiro atoms. The summed E-state index contributed by atoms with van der Waals surface area (Å²) in [7, 11) is 0. The van der Waals surface area contributed by atoms with Crippen LogP contribution in [0.15, 0.2) is 0 Å². The molecule has 1 nitrogen and oxygen atoms in total. The summed E-state index contributed by atoms with van der Waals surface area (Å²) >= 11 is 0. The average molecular weight is 148 g/mol. The number of carbonyl (C=O) groups is 1. The van der Waals surface area contributed by atoms with Crippen molar-refractivity contribution in [2.45, 2.75) is 19.8 Å². The minimum absolute atomic E-state index is 0.175. The van der Waals surface area contributed by atoms with Crippen molar-refractivity contribution in [2.75, 3.05) is 0 Å². The Morgan fingerprint density at radius 1 is 1.45 bits per heavy atom. The van der Waals surface area contributed by atoms with Crippen LogP contribution in [-0.4, -0.2) is 5.78 Å². The monoisotopic (exact) mass is 148 g/mol. The Balaban J connectivity index is 2.02. The first-order valence-electron chi connectivity index (χ1n) is 4.78. The second-order valence-corrected chi connectivity index (χ2v) is 5.27. The lowest BCUT2D eigenvalue weighted by molar-refractivity contribution is -0.130. The van der Waals surface area contributed by atoms with E-state index in [4.69, 9.17) is 0 Å². The van der Waals surface area contributed by atoms with Gasteiger partial charge in [-0.25, -0.2) is 0 Å². The predicted molar refractivity (Wildman–Crippen MR) is 39.8 cm³/mol. The van der Waals surface area contributed by atoms with Crippen LogP contribution in [0.1, 0.15) is 19.8 Å². The van der Waals surface area contributed by atoms with E-state index in [9.17, 15) is 4.79 Å². The molecule has 4 rings (SSSR count). The van der Waals surface area contributed by atoms with Crippen LogP contribution in [0, 0.1) is 35.0 Å². The van der Waals surface area contributed by atoms with E-state index in [2.05, 4.69) is 6.92 Å². The zero-order valence-corrected chi connectivity index (χ0v) is 6.71. The van der Waals surface area contributed by atoms with Gasteiger partial charge in [0.15, 0.2) is 0 Å². The quantitative estimate of drug-likeness (QED) is 0.508. The molecule has 0 aromatic rings. The number of ketones is 1. The van der Waals surface area contributed by atoms with Crippen LogP contribution in [-0.2, 0) is 4.79 Å². The molecule has 58 valence electrons. The molecule has 0 saturated heterocycles. The van der Waals surface area contributed by atoms with Gasteiger partial charge in [0.1, 0.15) is 5.78 Å². The second kappa shape index (κ2) is 1.10. The maximum atomic E-state index is 11.8. The highest BCUT2D eigenvalue weighted by Crippen LogP contribution is 2.81. The van der Waals surface area contributed by atoms with Crippen molar-refractivity contribution in [2.24, 2.45) is 35.0 Å². The molecule has 0 amide bonds. The van der Waals surface area contributed by atoms with E-state index in [1.807, 2.05) is 0 Å². The number of hydrogen-bond donors (Lipinski definition) is 0. The van der Waals surface area contributed by atoms with Gasteiger partial charge in [-0.2, -0.15) is 0 Å². The van der Waals surface area contributed by atoms with Crippen molar-refractivity contribution in [3.05, 3.63) is 0 Å². The molecule has 0 aliphatic heterocycles. The molecule has 0 heterocycles. The molecule has 4 aliphatic carbocycles. The summed E-state index contributed by atoms with van der Waals surface area (Å²) in [6.07, 6.45) is 2.64. The maximum Gasteiger partial charge on any atom is 0.142 e. The van der Waals surface area contributed by atoms with Crippen molar-refractivity contribution in [3.8, 4) is 0 Å². The molecule has 6 atom stereocenters. The van der Waals surface area contributed by atoms with Gasteiger partial charge in [-0.15, -0.1) is 0 Å². The largest absolute Gasteiger partial charge is 0.299 e. The van der Waals surface area contributed by atoms with Crippen molar-refractivity contribution in [1.29, 1.82) is 0 Å². The highest BCUT2D eigenvalue weighted by molar-refractivity contribution is 5.95. The van der Waals surface area contributed by atoms with Crippen molar-refractivity contribution >= 4 is 5.78 Å². The van der Waals surface area contributed by atoms with Gasteiger partial charge in [-0.05, 0) is 36.5 Å². The summed E-state index contributed by atoms with van der Waals surface area (Å²) < 4.78 is 0. The fourth-order valence-corrected chi connectivity index (χ4v) is 4.74. The van der Waals surface area contributed by atoms with Crippen molar-refractivity contribution < 1.29 is 4.79 Å². The Hall–Kier alpha value is -0.330. The van der Waals surface area contributed by atoms with Crippen LogP contribution in [0.2, 0.25) is 0 Å². The topological polar surface area (TPSA) is 17.1 Å². The smallest absolute Gasteiger partial charge is 0.142 e. The van der Waals surface area contributed by atoms with E-state index in [1.165, 1.54) is 12.8 Å². The number of rotatable bonds is 0. The summed E-state index contributed by atoms with van der Waals surface area (Å²) in [4.78, 5) is 11.8. The lowest BCUT2D eigenvalue weighted by Crippen LogP contribution is -2.33. The van der Waals surface area contributed by atoms with E-state index in [1.54, 1.807) is 0 Å². The van der Waals surface area contributed by atoms with Gasteiger partial charge < -0.3 is 0 Å². The molecule has 4 fully saturated rings. The third-order valence-corrected chi connectivity index (χ3v) is 5.07. The fourth-order valence-electron chi connectivity index (χ4n) is 4.74. The summed E-state index contributed by atoms with van der Waals surface area (Å²) in [5, 5.41) is 0. The van der Waals surface area contributed by atoms with Gasteiger partial charge in [-0.1, -0.05) is 6.92 Å². The van der Waals surface area contributed by atoms with Crippen molar-refractivity contribution in [3.63, 3.8) is 0 Å². The van der Waals surface area contributed by atoms with Gasteiger partial charge in [0, 0.05) is 11.3 Å². The molecule has 11 heavy (non-hydrogen) atoms. The molecule has 4 aliphatic rings. The Bertz CT molecular complexity index is 283. The van der Waals surface area contributed by atoms with Gasteiger partial charge in [0.25, 0.3) is 0 Å². The summed E-state index contributed by atoms with van der Waals surface area (Å²) in [6.45, 7) is 2.22. The van der Waals surface area contributed by atoms with Crippen LogP contribution >= 0.6 is 0 Å². The Labute approximate surface area is 66.2 Å². The fraction of sp³-hybridized carbons (Fsp3) is 0.900. The maximum absolute atomic E-state index is 11.8. The average Bonchev–Trinajstić information content (AvgIpc) is 2.44. The predicted octanol–water partition coefficient (Wildman–Crippen LogP) is 1.48. The molecule has 0 aromatic heterocycles. The lowest BCUT2D eigenvalue weighted by atomic mass is 9.72. The standard InChI is InChI=1S/C10H12O/c1-10-3-4-2-5(10)7-6(4)8(7)9(10)11/h4-8H,2-3H2,1H3/t4?,5?,6?,7?,8?,10-/m0/s1. The highest BCUT2D eigenvalue weighted by atomic mass is 16.1. The first-order chi connectivity index (χ1) is 5.23. The Morgan fingerprint density at radius 2 is 2.27 bits per heavy atom. The number of fused-ring (bicyclic) bond motifs is 3. The lowest BCUT2D eigenvalue weighted by Gasteiger charge is -2.30. The molecular weight excluding hydrogens is 136 g/mol. The van der Waals surface area contributed by atoms with Crippen LogP contribution in [0.25, 0.3) is 0 Å². The third kappa shape index (κ3) is 0.312. The van der Waals surface area contributed by atoms with Crippen LogP contribution in [0.5, 0.6) is 0 Å². The minimum atomic E-state index is 0.175. The van der Waals surface area contributed by atoms with E-state index in [0.29, 0.717) is 11.7 Å². The molecule has 0 aromatic carbocycles. The van der Waals surface area contributed by atoms with Gasteiger partial charge in [-0.3, -0.25) is 4.79 Å². The Kier molecular flexibility index (Phi) is 0.535. The molecule has 4 saturated carbocycles. The molecule has 2 bridgehead atoms. The van der Waals surface area contributed by atoms with Crippen molar-refractivity contribution in [1.82, 2.24) is 0 Å². The van der Waals surface area contributed by atoms with E-state index < -0.39 is 0 Å². The van der Waals surface area contributed by atoms with Crippen LogP contribution in [0.3, 0.4) is 0 Å².